The van der Waals surface area contributed by atoms with Gasteiger partial charge in [0.25, 0.3) is 20.2 Å². The van der Waals surface area contributed by atoms with E-state index < -0.39 is 53.0 Å². The van der Waals surface area contributed by atoms with Gasteiger partial charge >= 0.3 is 59.1 Å². The third-order valence-electron chi connectivity index (χ3n) is 6.98. The van der Waals surface area contributed by atoms with E-state index in [1.807, 2.05) is 0 Å². The molecule has 13 nitrogen and oxygen atoms in total. The maximum absolute atomic E-state index is 13.6. The molecule has 244 valence electrons. The van der Waals surface area contributed by atoms with Gasteiger partial charge in [0.1, 0.15) is 4.90 Å². The second kappa shape index (κ2) is 20.6. The molecule has 0 aromatic heterocycles. The van der Waals surface area contributed by atoms with Gasteiger partial charge in [0.05, 0.1) is 22.0 Å². The normalized spacial score (nSPS) is 12.4. The Hall–Kier alpha value is -1.92. The summed E-state index contributed by atoms with van der Waals surface area (Å²) in [4.78, 5) is 2.27. The average molecular weight is 707 g/mol. The van der Waals surface area contributed by atoms with Gasteiger partial charge in [-0.15, -0.1) is 10.3 Å². The summed E-state index contributed by atoms with van der Waals surface area (Å²) < 4.78 is 68.0. The Morgan fingerprint density at radius 1 is 0.851 bits per heavy atom. The van der Waals surface area contributed by atoms with E-state index >= 15 is 0 Å². The van der Waals surface area contributed by atoms with Crippen molar-refractivity contribution in [2.24, 2.45) is 20.4 Å². The molecule has 3 N–H and O–H groups in total. The summed E-state index contributed by atoms with van der Waals surface area (Å²) in [5, 5.41) is 44.9. The number of nitrogens with zero attached hydrogens (tertiary/aromatic N) is 4. The van der Waals surface area contributed by atoms with Crippen LogP contribution < -0.4 is 69.3 Å². The third kappa shape index (κ3) is 13.5. The van der Waals surface area contributed by atoms with Gasteiger partial charge in [0.15, 0.2) is 0 Å². The predicted octanol–water partition coefficient (Wildman–Crippen LogP) is 0.144. The summed E-state index contributed by atoms with van der Waals surface area (Å²) >= 11 is 0. The maximum atomic E-state index is 13.6. The molecule has 0 aliphatic carbocycles. The van der Waals surface area contributed by atoms with Crippen LogP contribution in [0.25, 0.3) is 10.8 Å². The second-order valence-electron chi connectivity index (χ2n) is 10.5. The topological polar surface area (TPSA) is 225 Å². The largest absolute Gasteiger partial charge is 1.00 e. The zero-order valence-electron chi connectivity index (χ0n) is 26.8. The van der Waals surface area contributed by atoms with Crippen LogP contribution in [0.4, 0.5) is 17.1 Å². The van der Waals surface area contributed by atoms with E-state index in [9.17, 15) is 36.2 Å². The first-order valence-corrected chi connectivity index (χ1v) is 17.4. The zero-order valence-corrected chi connectivity index (χ0v) is 32.4. The number of benzene rings is 3. The van der Waals surface area contributed by atoms with Gasteiger partial charge in [-0.2, -0.15) is 21.9 Å². The molecule has 17 heteroatoms. The summed E-state index contributed by atoms with van der Waals surface area (Å²) in [6, 6.07) is 9.35. The van der Waals surface area contributed by atoms with Gasteiger partial charge in [0.2, 0.25) is 0 Å². The van der Waals surface area contributed by atoms with Crippen LogP contribution in [0.2, 0.25) is 0 Å². The molecule has 3 rings (SSSR count). The van der Waals surface area contributed by atoms with Gasteiger partial charge in [-0.05, 0) is 85.7 Å². The summed E-state index contributed by atoms with van der Waals surface area (Å²) in [5.74, 6) is -1.70. The minimum atomic E-state index is -5.07. The van der Waals surface area contributed by atoms with Crippen LogP contribution in [0, 0.1) is 0 Å². The Morgan fingerprint density at radius 2 is 1.51 bits per heavy atom. The summed E-state index contributed by atoms with van der Waals surface area (Å²) in [6.07, 6.45) is 9.90. The fourth-order valence-corrected chi connectivity index (χ4v) is 5.85. The Labute approximate surface area is 319 Å². The summed E-state index contributed by atoms with van der Waals surface area (Å²) in [5.41, 5.74) is 0.136. The molecule has 0 radical (unpaired) electrons. The molecule has 0 unspecified atom stereocenters. The molecular weight excluding hydrogens is 670 g/mol. The molecule has 3 aromatic rings. The van der Waals surface area contributed by atoms with Crippen molar-refractivity contribution in [3.8, 4) is 5.75 Å². The number of aryl methyl sites for hydroxylation is 1. The number of azo groups is 1. The Bertz CT molecular complexity index is 1780. The molecule has 0 saturated heterocycles. The van der Waals surface area contributed by atoms with Crippen LogP contribution in [0.15, 0.2) is 72.6 Å². The van der Waals surface area contributed by atoms with Gasteiger partial charge in [-0.25, -0.2) is 0 Å². The monoisotopic (exact) mass is 706 g/mol. The number of rotatable bonds is 17. The predicted molar refractivity (Wildman–Crippen MR) is 167 cm³/mol. The van der Waals surface area contributed by atoms with E-state index in [1.54, 1.807) is 24.3 Å². The van der Waals surface area contributed by atoms with Gasteiger partial charge < -0.3 is 15.4 Å². The fraction of sp³-hybridized carbons (Fsp3) is 0.400. The summed E-state index contributed by atoms with van der Waals surface area (Å²) in [7, 11) is -9.92. The van der Waals surface area contributed by atoms with Crippen molar-refractivity contribution in [1.29, 1.82) is 0 Å². The minimum absolute atomic E-state index is 0. The number of unbranched alkanes of at least 4 members (excludes halogenated alkanes) is 7. The van der Waals surface area contributed by atoms with Crippen molar-refractivity contribution in [2.45, 2.75) is 87.3 Å². The van der Waals surface area contributed by atoms with E-state index in [0.29, 0.717) is 12.8 Å². The third-order valence-corrected chi connectivity index (χ3v) is 8.68. The molecule has 3 aromatic carbocycles. The van der Waals surface area contributed by atoms with Crippen molar-refractivity contribution >= 4 is 60.2 Å². The number of aliphatic imine (C=N–C) groups is 1. The number of fused-ring (bicyclic) bond motifs is 1. The molecular formula is C30H36N4Na2O9S2. The van der Waals surface area contributed by atoms with Crippen LogP contribution in [0.3, 0.4) is 0 Å². The van der Waals surface area contributed by atoms with Crippen LogP contribution in [-0.4, -0.2) is 43.3 Å². The Kier molecular flexibility index (Phi) is 18.9. The molecule has 47 heavy (non-hydrogen) atoms. The van der Waals surface area contributed by atoms with Gasteiger partial charge in [-0.1, -0.05) is 56.9 Å². The van der Waals surface area contributed by atoms with Gasteiger partial charge in [0, 0.05) is 11.6 Å². The smallest absolute Gasteiger partial charge is 0.870 e. The second-order valence-corrected chi connectivity index (χ2v) is 13.3. The molecule has 0 aliphatic rings. The van der Waals surface area contributed by atoms with E-state index in [0.717, 1.165) is 75.1 Å². The van der Waals surface area contributed by atoms with E-state index in [2.05, 4.69) is 27.3 Å². The molecule has 0 atom stereocenters. The number of hydrogen-bond acceptors (Lipinski definition) is 11. The molecule has 0 spiro atoms. The average Bonchev–Trinajstić information content (AvgIpc) is 2.97. The Morgan fingerprint density at radius 3 is 2.13 bits per heavy atom. The first-order valence-electron chi connectivity index (χ1n) is 14.5. The summed E-state index contributed by atoms with van der Waals surface area (Å²) in [6.45, 7) is 2.05. The first-order chi connectivity index (χ1) is 21.3. The molecule has 0 amide bonds. The zero-order chi connectivity index (χ0) is 33.0. The molecule has 0 heterocycles. The van der Waals surface area contributed by atoms with Crippen molar-refractivity contribution in [3.63, 3.8) is 0 Å². The molecule has 0 saturated carbocycles. The van der Waals surface area contributed by atoms with Crippen LogP contribution in [0.1, 0.15) is 76.7 Å². The first kappa shape index (κ1) is 43.1. The van der Waals surface area contributed by atoms with Crippen LogP contribution in [-0.2, 0) is 26.7 Å². The van der Waals surface area contributed by atoms with Crippen molar-refractivity contribution in [2.75, 3.05) is 0 Å². The molecule has 0 aliphatic heterocycles. The van der Waals surface area contributed by atoms with Gasteiger partial charge in [-0.3, -0.25) is 14.1 Å². The van der Waals surface area contributed by atoms with E-state index in [4.69, 9.17) is 5.21 Å². The van der Waals surface area contributed by atoms with Crippen LogP contribution >= 0.6 is 0 Å². The number of hydrogen-bond donors (Lipinski definition) is 3. The standard InChI is InChI=1S/C30H38N4O9S2.2Na/c1-2-3-4-5-9-12-27(35)32-25-20-24(44(38,39)40)18-22-19-26(45(41,42)43)29(30(36)28(22)25)34-33-23-15-13-21(14-16-23)11-8-6-7-10-17-31-37;;/h13-20,36-37H,2-12H2,1H3,(H,32,35)(H,38,39,40)(H,41,42,43);;/q;2*+1/p-2/b31-17-,34-33?;;. The van der Waals surface area contributed by atoms with E-state index in [-0.39, 0.29) is 82.0 Å². The van der Waals surface area contributed by atoms with Crippen LogP contribution in [0.5, 0.6) is 5.75 Å². The fourth-order valence-electron chi connectivity index (χ4n) is 4.66. The Balaban J connectivity index is 0.00000552. The van der Waals surface area contributed by atoms with Crippen molar-refractivity contribution in [3.05, 3.63) is 48.0 Å². The minimum Gasteiger partial charge on any atom is -0.870 e. The molecule has 0 fully saturated rings. The van der Waals surface area contributed by atoms with Crippen molar-refractivity contribution < 1.29 is 100 Å². The SMILES string of the molecule is CCCCCCCC([O-])=Nc1cc(S(=O)(=O)O)cc2cc(S(=O)(=O)O)c(N=Nc3ccc(CCCCC/C=N\O)cc3)c([O-])c12.[Na+].[Na+]. The van der Waals surface area contributed by atoms with Crippen molar-refractivity contribution in [1.82, 2.24) is 0 Å². The molecule has 0 bridgehead atoms. The number of oxime groups is 1. The maximum Gasteiger partial charge on any atom is 1.00 e. The quantitative estimate of drug-likeness (QED) is 0.0253. The van der Waals surface area contributed by atoms with E-state index in [1.165, 1.54) is 6.21 Å².